The van der Waals surface area contributed by atoms with Crippen molar-refractivity contribution in [3.05, 3.63) is 95.6 Å². The molecule has 1 aliphatic rings. The third-order valence-electron chi connectivity index (χ3n) is 5.22. The maximum atomic E-state index is 13.6. The van der Waals surface area contributed by atoms with E-state index in [4.69, 9.17) is 21.1 Å². The number of benzene rings is 2. The number of nitrogens with zero attached hydrogens (tertiary/aromatic N) is 2. The molecule has 1 atom stereocenters. The Labute approximate surface area is 200 Å². The van der Waals surface area contributed by atoms with Crippen LogP contribution in [-0.2, 0) is 9.53 Å². The fourth-order valence-corrected chi connectivity index (χ4v) is 4.98. The maximum Gasteiger partial charge on any atom is 0.338 e. The number of thiazole rings is 1. The van der Waals surface area contributed by atoms with Crippen molar-refractivity contribution in [2.75, 3.05) is 13.2 Å². The summed E-state index contributed by atoms with van der Waals surface area (Å²) in [5.41, 5.74) is 2.13. The molecule has 0 spiro atoms. The summed E-state index contributed by atoms with van der Waals surface area (Å²) in [4.78, 5) is 31.6. The standard InChI is InChI=1S/C25H23ClN2O4S/c1-4-31-18-12-10-16(11-13-18)22-21(24(30)32-5-2)15(3)27-25-28(22)23(29)20(33-25)14-17-8-6-7-9-19(17)26/h6-14,22H,4-5H2,1-3H3. The molecule has 0 N–H and O–H groups in total. The van der Waals surface area contributed by atoms with Gasteiger partial charge >= 0.3 is 5.97 Å². The molecule has 33 heavy (non-hydrogen) atoms. The van der Waals surface area contributed by atoms with Gasteiger partial charge in [0.2, 0.25) is 0 Å². The third kappa shape index (κ3) is 4.51. The molecule has 1 aromatic heterocycles. The first-order valence-electron chi connectivity index (χ1n) is 10.6. The van der Waals surface area contributed by atoms with E-state index in [0.717, 1.165) is 11.1 Å². The van der Waals surface area contributed by atoms with E-state index >= 15 is 0 Å². The number of hydrogen-bond donors (Lipinski definition) is 0. The van der Waals surface area contributed by atoms with E-state index in [-0.39, 0.29) is 12.2 Å². The molecule has 170 valence electrons. The lowest BCUT2D eigenvalue weighted by Gasteiger charge is -2.24. The minimum absolute atomic E-state index is 0.225. The molecule has 0 saturated heterocycles. The largest absolute Gasteiger partial charge is 0.494 e. The number of halogens is 1. The molecule has 2 heterocycles. The van der Waals surface area contributed by atoms with Crippen LogP contribution in [0.1, 0.15) is 37.9 Å². The Kier molecular flexibility index (Phi) is 6.81. The molecule has 0 bridgehead atoms. The highest BCUT2D eigenvalue weighted by Gasteiger charge is 2.33. The normalized spacial score (nSPS) is 15.8. The van der Waals surface area contributed by atoms with Crippen LogP contribution >= 0.6 is 22.9 Å². The molecular formula is C25H23ClN2O4S. The number of carbonyl (C=O) groups is 1. The van der Waals surface area contributed by atoms with E-state index in [9.17, 15) is 9.59 Å². The van der Waals surface area contributed by atoms with Crippen LogP contribution in [0, 0.1) is 0 Å². The Morgan fingerprint density at radius 2 is 1.88 bits per heavy atom. The summed E-state index contributed by atoms with van der Waals surface area (Å²) in [7, 11) is 0. The van der Waals surface area contributed by atoms with Crippen LogP contribution in [-0.4, -0.2) is 23.8 Å². The van der Waals surface area contributed by atoms with Gasteiger partial charge in [-0.15, -0.1) is 0 Å². The third-order valence-corrected chi connectivity index (χ3v) is 6.54. The SMILES string of the molecule is CCOC(=O)C1=C(C)N=c2sc(=Cc3ccccc3Cl)c(=O)n2C1c1ccc(OCC)cc1. The highest BCUT2D eigenvalue weighted by atomic mass is 35.5. The molecule has 1 aliphatic heterocycles. The topological polar surface area (TPSA) is 69.9 Å². The lowest BCUT2D eigenvalue weighted by molar-refractivity contribution is -0.139. The van der Waals surface area contributed by atoms with Crippen molar-refractivity contribution in [1.29, 1.82) is 0 Å². The molecule has 3 aromatic rings. The van der Waals surface area contributed by atoms with Gasteiger partial charge in [-0.2, -0.15) is 0 Å². The highest BCUT2D eigenvalue weighted by molar-refractivity contribution is 7.07. The zero-order chi connectivity index (χ0) is 23.5. The minimum Gasteiger partial charge on any atom is -0.494 e. The Morgan fingerprint density at radius 3 is 2.55 bits per heavy atom. The zero-order valence-corrected chi connectivity index (χ0v) is 20.1. The number of allylic oxidation sites excluding steroid dienone is 1. The first kappa shape index (κ1) is 23.0. The number of hydrogen-bond acceptors (Lipinski definition) is 6. The quantitative estimate of drug-likeness (QED) is 0.500. The fourth-order valence-electron chi connectivity index (χ4n) is 3.75. The number of aromatic nitrogens is 1. The first-order chi connectivity index (χ1) is 15.9. The van der Waals surface area contributed by atoms with Gasteiger partial charge in [-0.1, -0.05) is 53.3 Å². The van der Waals surface area contributed by atoms with Crippen LogP contribution in [0.4, 0.5) is 0 Å². The summed E-state index contributed by atoms with van der Waals surface area (Å²) in [5, 5.41) is 0.551. The van der Waals surface area contributed by atoms with Gasteiger partial charge in [0.1, 0.15) is 5.75 Å². The Hall–Kier alpha value is -3.16. The van der Waals surface area contributed by atoms with E-state index < -0.39 is 12.0 Å². The Morgan fingerprint density at radius 1 is 1.15 bits per heavy atom. The lowest BCUT2D eigenvalue weighted by atomic mass is 9.96. The summed E-state index contributed by atoms with van der Waals surface area (Å²) >= 11 is 7.57. The van der Waals surface area contributed by atoms with Crippen LogP contribution in [0.5, 0.6) is 5.75 Å². The van der Waals surface area contributed by atoms with Gasteiger partial charge in [-0.05, 0) is 56.2 Å². The van der Waals surface area contributed by atoms with Gasteiger partial charge in [-0.3, -0.25) is 9.36 Å². The van der Waals surface area contributed by atoms with Crippen LogP contribution in [0.2, 0.25) is 5.02 Å². The lowest BCUT2D eigenvalue weighted by Crippen LogP contribution is -2.39. The van der Waals surface area contributed by atoms with Crippen LogP contribution in [0.25, 0.3) is 6.08 Å². The van der Waals surface area contributed by atoms with Crippen LogP contribution < -0.4 is 19.6 Å². The smallest absolute Gasteiger partial charge is 0.338 e. The monoisotopic (exact) mass is 482 g/mol. The molecule has 2 aromatic carbocycles. The zero-order valence-electron chi connectivity index (χ0n) is 18.5. The summed E-state index contributed by atoms with van der Waals surface area (Å²) in [6.07, 6.45) is 1.75. The summed E-state index contributed by atoms with van der Waals surface area (Å²) in [6.45, 7) is 6.19. The Bertz CT molecular complexity index is 1400. The number of carbonyl (C=O) groups excluding carboxylic acids is 1. The minimum atomic E-state index is -0.663. The molecular weight excluding hydrogens is 460 g/mol. The van der Waals surface area contributed by atoms with Gasteiger partial charge in [0, 0.05) is 5.02 Å². The van der Waals surface area contributed by atoms with Crippen molar-refractivity contribution in [3.8, 4) is 5.75 Å². The van der Waals surface area contributed by atoms with Gasteiger partial charge in [0.25, 0.3) is 5.56 Å². The van der Waals surface area contributed by atoms with E-state index in [1.165, 1.54) is 11.3 Å². The molecule has 1 unspecified atom stereocenters. The van der Waals surface area contributed by atoms with E-state index in [1.807, 2.05) is 49.4 Å². The summed E-state index contributed by atoms with van der Waals surface area (Å²) in [5.74, 6) is 0.226. The fraction of sp³-hybridized carbons (Fsp3) is 0.240. The number of rotatable bonds is 6. The van der Waals surface area contributed by atoms with Gasteiger partial charge in [-0.25, -0.2) is 9.79 Å². The molecule has 0 radical (unpaired) electrons. The van der Waals surface area contributed by atoms with E-state index in [2.05, 4.69) is 4.99 Å². The predicted molar refractivity (Wildman–Crippen MR) is 129 cm³/mol. The van der Waals surface area contributed by atoms with Gasteiger partial charge < -0.3 is 9.47 Å². The molecule has 0 fully saturated rings. The average molecular weight is 483 g/mol. The highest BCUT2D eigenvalue weighted by Crippen LogP contribution is 2.31. The van der Waals surface area contributed by atoms with Gasteiger partial charge in [0.05, 0.1) is 35.1 Å². The summed E-state index contributed by atoms with van der Waals surface area (Å²) in [6, 6.07) is 14.0. The molecule has 0 aliphatic carbocycles. The molecule has 4 rings (SSSR count). The molecule has 0 saturated carbocycles. The van der Waals surface area contributed by atoms with Crippen LogP contribution in [0.3, 0.4) is 0 Å². The number of fused-ring (bicyclic) bond motifs is 1. The number of ether oxygens (including phenoxy) is 2. The summed E-state index contributed by atoms with van der Waals surface area (Å²) < 4.78 is 12.9. The van der Waals surface area contributed by atoms with Gasteiger partial charge in [0.15, 0.2) is 4.80 Å². The van der Waals surface area contributed by atoms with Crippen molar-refractivity contribution >= 4 is 35.0 Å². The van der Waals surface area contributed by atoms with Crippen molar-refractivity contribution in [2.45, 2.75) is 26.8 Å². The van der Waals surface area contributed by atoms with Crippen molar-refractivity contribution in [2.24, 2.45) is 4.99 Å². The van der Waals surface area contributed by atoms with E-state index in [1.54, 1.807) is 30.6 Å². The number of esters is 1. The van der Waals surface area contributed by atoms with Crippen molar-refractivity contribution < 1.29 is 14.3 Å². The van der Waals surface area contributed by atoms with Crippen LogP contribution in [0.15, 0.2) is 69.6 Å². The maximum absolute atomic E-state index is 13.6. The Balaban J connectivity index is 1.93. The second-order valence-corrected chi connectivity index (χ2v) is 8.74. The molecule has 0 amide bonds. The van der Waals surface area contributed by atoms with Crippen molar-refractivity contribution in [1.82, 2.24) is 4.57 Å². The first-order valence-corrected chi connectivity index (χ1v) is 11.8. The van der Waals surface area contributed by atoms with E-state index in [0.29, 0.717) is 38.0 Å². The second-order valence-electron chi connectivity index (χ2n) is 7.33. The predicted octanol–water partition coefficient (Wildman–Crippen LogP) is 3.85. The van der Waals surface area contributed by atoms with Crippen molar-refractivity contribution in [3.63, 3.8) is 0 Å². The second kappa shape index (κ2) is 9.77. The average Bonchev–Trinajstić information content (AvgIpc) is 3.10. The molecule has 6 nitrogen and oxygen atoms in total. The molecule has 8 heteroatoms.